The molecule has 17 heavy (non-hydrogen) atoms. The molecule has 0 bridgehead atoms. The van der Waals surface area contributed by atoms with Crippen LogP contribution in [0.15, 0.2) is 16.9 Å². The van der Waals surface area contributed by atoms with Gasteiger partial charge in [0.1, 0.15) is 0 Å². The van der Waals surface area contributed by atoms with E-state index in [2.05, 4.69) is 15.3 Å². The van der Waals surface area contributed by atoms with E-state index in [1.807, 2.05) is 0 Å². The fourth-order valence-corrected chi connectivity index (χ4v) is 1.65. The summed E-state index contributed by atoms with van der Waals surface area (Å²) in [5, 5.41) is 2.98. The minimum absolute atomic E-state index is 0.0663. The molecule has 0 aliphatic heterocycles. The van der Waals surface area contributed by atoms with Crippen LogP contribution in [0.1, 0.15) is 6.92 Å². The van der Waals surface area contributed by atoms with Gasteiger partial charge in [-0.3, -0.25) is 9.59 Å². The summed E-state index contributed by atoms with van der Waals surface area (Å²) in [6.07, 6.45) is 0. The quantitative estimate of drug-likeness (QED) is 0.835. The topological polar surface area (TPSA) is 74.8 Å². The van der Waals surface area contributed by atoms with Gasteiger partial charge in [0, 0.05) is 6.92 Å². The third kappa shape index (κ3) is 2.40. The predicted octanol–water partition coefficient (Wildman–Crippen LogP) is 2.19. The van der Waals surface area contributed by atoms with E-state index in [1.165, 1.54) is 19.1 Å². The molecule has 0 fully saturated rings. The zero-order valence-electron chi connectivity index (χ0n) is 8.67. The van der Waals surface area contributed by atoms with Gasteiger partial charge in [-0.05, 0) is 12.1 Å². The number of hydrogen-bond acceptors (Lipinski definition) is 3. The first-order chi connectivity index (χ1) is 7.97. The van der Waals surface area contributed by atoms with Gasteiger partial charge >= 0.3 is 0 Å². The molecular weight excluding hydrogens is 265 g/mol. The van der Waals surface area contributed by atoms with E-state index < -0.39 is 5.56 Å². The molecule has 0 saturated heterocycles. The molecule has 0 aliphatic rings. The second kappa shape index (κ2) is 4.35. The molecule has 88 valence electrons. The van der Waals surface area contributed by atoms with E-state index in [1.54, 1.807) is 0 Å². The number of rotatable bonds is 1. The van der Waals surface area contributed by atoms with Crippen LogP contribution < -0.4 is 10.9 Å². The molecular formula is C10H7Cl2N3O2. The van der Waals surface area contributed by atoms with Crippen molar-refractivity contribution >= 4 is 46.0 Å². The minimum Gasteiger partial charge on any atom is -0.317 e. The van der Waals surface area contributed by atoms with Crippen molar-refractivity contribution in [3.05, 3.63) is 32.5 Å². The Morgan fingerprint density at radius 2 is 2.00 bits per heavy atom. The number of halogens is 2. The Bertz CT molecular complexity index is 666. The molecule has 0 saturated carbocycles. The number of nitrogens with zero attached hydrogens (tertiary/aromatic N) is 1. The predicted molar refractivity (Wildman–Crippen MR) is 66.7 cm³/mol. The average Bonchev–Trinajstić information content (AvgIpc) is 2.22. The third-order valence-electron chi connectivity index (χ3n) is 2.03. The maximum atomic E-state index is 11.6. The number of H-pyrrole nitrogens is 1. The van der Waals surface area contributed by atoms with Crippen LogP contribution in [0.2, 0.25) is 10.0 Å². The number of fused-ring (bicyclic) bond motifs is 1. The number of benzene rings is 1. The largest absolute Gasteiger partial charge is 0.317 e. The van der Waals surface area contributed by atoms with Gasteiger partial charge in [0.15, 0.2) is 5.82 Å². The highest BCUT2D eigenvalue weighted by molar-refractivity contribution is 6.42. The Balaban J connectivity index is 2.67. The first kappa shape index (κ1) is 11.9. The highest BCUT2D eigenvalue weighted by Crippen LogP contribution is 2.25. The molecule has 1 aromatic heterocycles. The van der Waals surface area contributed by atoms with E-state index >= 15 is 0 Å². The number of carbonyl (C=O) groups is 1. The van der Waals surface area contributed by atoms with Crippen LogP contribution in [0.3, 0.4) is 0 Å². The molecule has 2 N–H and O–H groups in total. The van der Waals surface area contributed by atoms with Crippen LogP contribution in [-0.4, -0.2) is 15.9 Å². The van der Waals surface area contributed by atoms with Gasteiger partial charge in [-0.15, -0.1) is 0 Å². The number of nitrogens with one attached hydrogen (secondary N) is 2. The van der Waals surface area contributed by atoms with Crippen molar-refractivity contribution in [2.75, 3.05) is 5.32 Å². The summed E-state index contributed by atoms with van der Waals surface area (Å²) < 4.78 is 0. The van der Waals surface area contributed by atoms with E-state index in [0.29, 0.717) is 21.1 Å². The van der Waals surface area contributed by atoms with Gasteiger partial charge in [0.05, 0.1) is 21.1 Å². The lowest BCUT2D eigenvalue weighted by atomic mass is 10.3. The lowest BCUT2D eigenvalue weighted by Crippen LogP contribution is -2.19. The molecule has 5 nitrogen and oxygen atoms in total. The van der Waals surface area contributed by atoms with Crippen molar-refractivity contribution in [3.63, 3.8) is 0 Å². The summed E-state index contributed by atoms with van der Waals surface area (Å²) in [5.41, 5.74) is 0.410. The van der Waals surface area contributed by atoms with Crippen molar-refractivity contribution in [2.45, 2.75) is 6.92 Å². The Labute approximate surface area is 106 Å². The second-order valence-corrected chi connectivity index (χ2v) is 4.19. The molecule has 0 radical (unpaired) electrons. The maximum Gasteiger partial charge on any atom is 0.291 e. The van der Waals surface area contributed by atoms with Gasteiger partial charge in [-0.2, -0.15) is 0 Å². The van der Waals surface area contributed by atoms with Gasteiger partial charge in [-0.25, -0.2) is 4.98 Å². The van der Waals surface area contributed by atoms with Crippen molar-refractivity contribution in [2.24, 2.45) is 0 Å². The lowest BCUT2D eigenvalue weighted by Gasteiger charge is -2.04. The molecule has 0 spiro atoms. The van der Waals surface area contributed by atoms with Gasteiger partial charge in [0.2, 0.25) is 5.91 Å². The molecule has 2 aromatic rings. The van der Waals surface area contributed by atoms with Crippen LogP contribution in [0.25, 0.3) is 11.0 Å². The first-order valence-corrected chi connectivity index (χ1v) is 5.39. The standard InChI is InChI=1S/C10H7Cl2N3O2/c1-4(16)13-9-10(17)15-8-3-6(12)5(11)2-7(8)14-9/h2-3H,1H3,(H,15,17)(H,13,14,16). The Kier molecular flexibility index (Phi) is 3.04. The lowest BCUT2D eigenvalue weighted by molar-refractivity contribution is -0.114. The third-order valence-corrected chi connectivity index (χ3v) is 2.75. The number of hydrogen-bond donors (Lipinski definition) is 2. The number of carbonyl (C=O) groups excluding carboxylic acids is 1. The van der Waals surface area contributed by atoms with Crippen LogP contribution in [0.5, 0.6) is 0 Å². The molecule has 1 amide bonds. The van der Waals surface area contributed by atoms with Crippen molar-refractivity contribution in [1.82, 2.24) is 9.97 Å². The number of anilines is 1. The maximum absolute atomic E-state index is 11.6. The summed E-state index contributed by atoms with van der Waals surface area (Å²) in [4.78, 5) is 29.0. The van der Waals surface area contributed by atoms with E-state index in [9.17, 15) is 9.59 Å². The van der Waals surface area contributed by atoms with Crippen molar-refractivity contribution in [3.8, 4) is 0 Å². The van der Waals surface area contributed by atoms with Gasteiger partial charge in [0.25, 0.3) is 5.56 Å². The van der Waals surface area contributed by atoms with Gasteiger partial charge < -0.3 is 10.3 Å². The minimum atomic E-state index is -0.494. The van der Waals surface area contributed by atoms with E-state index in [-0.39, 0.29) is 11.7 Å². The highest BCUT2D eigenvalue weighted by atomic mass is 35.5. The summed E-state index contributed by atoms with van der Waals surface area (Å²) >= 11 is 11.6. The fourth-order valence-electron chi connectivity index (χ4n) is 1.33. The Hall–Kier alpha value is -1.59. The molecule has 0 aliphatic carbocycles. The normalized spacial score (nSPS) is 10.5. The summed E-state index contributed by atoms with van der Waals surface area (Å²) in [5.74, 6) is -0.439. The summed E-state index contributed by atoms with van der Waals surface area (Å²) in [6, 6.07) is 3.02. The number of amides is 1. The monoisotopic (exact) mass is 271 g/mol. The number of aromatic amines is 1. The molecule has 0 atom stereocenters. The highest BCUT2D eigenvalue weighted by Gasteiger charge is 2.08. The van der Waals surface area contributed by atoms with E-state index in [0.717, 1.165) is 0 Å². The second-order valence-electron chi connectivity index (χ2n) is 3.38. The van der Waals surface area contributed by atoms with Crippen molar-refractivity contribution < 1.29 is 4.79 Å². The number of aromatic nitrogens is 2. The Morgan fingerprint density at radius 1 is 1.35 bits per heavy atom. The SMILES string of the molecule is CC(=O)Nc1nc2cc(Cl)c(Cl)cc2[nH]c1=O. The molecule has 0 unspecified atom stereocenters. The van der Waals surface area contributed by atoms with Crippen LogP contribution in [0, 0.1) is 0 Å². The van der Waals surface area contributed by atoms with Gasteiger partial charge in [-0.1, -0.05) is 23.2 Å². The Morgan fingerprint density at radius 3 is 2.65 bits per heavy atom. The zero-order valence-corrected chi connectivity index (χ0v) is 10.2. The summed E-state index contributed by atoms with van der Waals surface area (Å²) in [6.45, 7) is 1.29. The fraction of sp³-hybridized carbons (Fsp3) is 0.100. The molecule has 7 heteroatoms. The van der Waals surface area contributed by atoms with Crippen LogP contribution in [0.4, 0.5) is 5.82 Å². The summed E-state index contributed by atoms with van der Waals surface area (Å²) in [7, 11) is 0. The average molecular weight is 272 g/mol. The molecule has 2 rings (SSSR count). The van der Waals surface area contributed by atoms with Crippen LogP contribution >= 0.6 is 23.2 Å². The van der Waals surface area contributed by atoms with Crippen LogP contribution in [-0.2, 0) is 4.79 Å². The molecule has 1 heterocycles. The zero-order chi connectivity index (χ0) is 12.6. The molecule has 1 aromatic carbocycles. The smallest absolute Gasteiger partial charge is 0.291 e. The first-order valence-electron chi connectivity index (χ1n) is 4.64. The van der Waals surface area contributed by atoms with E-state index in [4.69, 9.17) is 23.2 Å². The van der Waals surface area contributed by atoms with Crippen molar-refractivity contribution in [1.29, 1.82) is 0 Å².